The molecule has 0 saturated heterocycles. The minimum Gasteiger partial charge on any atom is -0.241 e. The molecule has 0 fully saturated rings. The third-order valence-corrected chi connectivity index (χ3v) is 4.37. The fourth-order valence-corrected chi connectivity index (χ4v) is 3.23. The predicted octanol–water partition coefficient (Wildman–Crippen LogP) is 6.07. The van der Waals surface area contributed by atoms with Gasteiger partial charge in [0.25, 0.3) is 0 Å². The summed E-state index contributed by atoms with van der Waals surface area (Å²) in [5.41, 5.74) is 1.62. The third kappa shape index (κ3) is 3.92. The largest absolute Gasteiger partial charge is 0.416 e. The highest BCUT2D eigenvalue weighted by Crippen LogP contribution is 2.31. The molecule has 2 aromatic carbocycles. The molecule has 0 aliphatic carbocycles. The van der Waals surface area contributed by atoms with Crippen molar-refractivity contribution in [2.45, 2.75) is 12.6 Å². The lowest BCUT2D eigenvalue weighted by atomic mass is 10.1. The number of hydrogen-bond acceptors (Lipinski definition) is 2. The van der Waals surface area contributed by atoms with Crippen LogP contribution in [0.2, 0.25) is 5.02 Å². The lowest BCUT2D eigenvalue weighted by molar-refractivity contribution is -0.137. The number of aromatic nitrogens is 1. The Morgan fingerprint density at radius 2 is 1.83 bits per heavy atom. The van der Waals surface area contributed by atoms with E-state index < -0.39 is 11.7 Å². The molecule has 0 atom stereocenters. The Kier molecular flexibility index (Phi) is 4.41. The van der Waals surface area contributed by atoms with Crippen LogP contribution < -0.4 is 0 Å². The van der Waals surface area contributed by atoms with Gasteiger partial charge in [0.2, 0.25) is 0 Å². The second-order valence-electron chi connectivity index (χ2n) is 5.01. The Labute approximate surface area is 140 Å². The monoisotopic (exact) mass is 353 g/mol. The summed E-state index contributed by atoms with van der Waals surface area (Å²) >= 11 is 7.38. The first-order valence-electron chi connectivity index (χ1n) is 6.78. The predicted molar refractivity (Wildman–Crippen MR) is 86.8 cm³/mol. The van der Waals surface area contributed by atoms with Gasteiger partial charge in [-0.1, -0.05) is 41.9 Å². The first-order chi connectivity index (χ1) is 10.9. The third-order valence-electron chi connectivity index (χ3n) is 3.28. The van der Waals surface area contributed by atoms with E-state index in [9.17, 15) is 13.2 Å². The zero-order chi connectivity index (χ0) is 16.4. The average molecular weight is 354 g/mol. The van der Waals surface area contributed by atoms with Crippen molar-refractivity contribution in [2.24, 2.45) is 0 Å². The van der Waals surface area contributed by atoms with E-state index in [1.807, 2.05) is 23.6 Å². The van der Waals surface area contributed by atoms with Gasteiger partial charge in [0, 0.05) is 22.4 Å². The standard InChI is InChI=1S/C17H11ClF3NS/c18-14-6-2-4-12(9-14)15-10-23-16(22-15)8-11-3-1-5-13(7-11)17(19,20)21/h1-7,9-10H,8H2. The van der Waals surface area contributed by atoms with Crippen molar-refractivity contribution in [1.82, 2.24) is 4.98 Å². The van der Waals surface area contributed by atoms with Crippen LogP contribution in [0.3, 0.4) is 0 Å². The fourth-order valence-electron chi connectivity index (χ4n) is 2.20. The normalized spacial score (nSPS) is 11.7. The van der Waals surface area contributed by atoms with Gasteiger partial charge < -0.3 is 0 Å². The van der Waals surface area contributed by atoms with Crippen LogP contribution >= 0.6 is 22.9 Å². The second-order valence-corrected chi connectivity index (χ2v) is 6.39. The molecule has 0 bridgehead atoms. The van der Waals surface area contributed by atoms with Gasteiger partial charge >= 0.3 is 6.18 Å². The summed E-state index contributed by atoms with van der Waals surface area (Å²) in [5, 5.41) is 3.27. The van der Waals surface area contributed by atoms with Crippen molar-refractivity contribution in [3.8, 4) is 11.3 Å². The highest BCUT2D eigenvalue weighted by atomic mass is 35.5. The Bertz CT molecular complexity index is 826. The van der Waals surface area contributed by atoms with Crippen LogP contribution in [0.25, 0.3) is 11.3 Å². The number of hydrogen-bond donors (Lipinski definition) is 0. The molecule has 0 unspecified atom stereocenters. The summed E-state index contributed by atoms with van der Waals surface area (Å²) in [6, 6.07) is 12.7. The Balaban J connectivity index is 1.82. The maximum atomic E-state index is 12.7. The van der Waals surface area contributed by atoms with Crippen molar-refractivity contribution in [2.75, 3.05) is 0 Å². The van der Waals surface area contributed by atoms with Crippen molar-refractivity contribution >= 4 is 22.9 Å². The molecule has 0 spiro atoms. The number of nitrogens with zero attached hydrogens (tertiary/aromatic N) is 1. The molecule has 1 aromatic heterocycles. The summed E-state index contributed by atoms with van der Waals surface area (Å²) in [6.07, 6.45) is -3.96. The van der Waals surface area contributed by atoms with Crippen LogP contribution in [0.15, 0.2) is 53.9 Å². The van der Waals surface area contributed by atoms with Gasteiger partial charge in [-0.05, 0) is 23.8 Å². The van der Waals surface area contributed by atoms with Gasteiger partial charge in [0.15, 0.2) is 0 Å². The molecule has 3 rings (SSSR count). The quantitative estimate of drug-likeness (QED) is 0.556. The lowest BCUT2D eigenvalue weighted by Gasteiger charge is -2.07. The van der Waals surface area contributed by atoms with E-state index >= 15 is 0 Å². The van der Waals surface area contributed by atoms with Crippen LogP contribution in [0.4, 0.5) is 13.2 Å². The van der Waals surface area contributed by atoms with E-state index in [2.05, 4.69) is 4.98 Å². The van der Waals surface area contributed by atoms with Gasteiger partial charge in [-0.2, -0.15) is 13.2 Å². The van der Waals surface area contributed by atoms with Gasteiger partial charge in [-0.25, -0.2) is 4.98 Å². The van der Waals surface area contributed by atoms with E-state index in [-0.39, 0.29) is 0 Å². The Morgan fingerprint density at radius 1 is 1.04 bits per heavy atom. The highest BCUT2D eigenvalue weighted by Gasteiger charge is 2.30. The van der Waals surface area contributed by atoms with Crippen LogP contribution in [-0.2, 0) is 12.6 Å². The lowest BCUT2D eigenvalue weighted by Crippen LogP contribution is -2.05. The smallest absolute Gasteiger partial charge is 0.241 e. The fraction of sp³-hybridized carbons (Fsp3) is 0.118. The van der Waals surface area contributed by atoms with Crippen LogP contribution in [0.1, 0.15) is 16.1 Å². The maximum absolute atomic E-state index is 12.7. The number of alkyl halides is 3. The summed E-state index contributed by atoms with van der Waals surface area (Å²) in [6.45, 7) is 0. The molecule has 1 nitrogen and oxygen atoms in total. The van der Waals surface area contributed by atoms with Crippen LogP contribution in [0.5, 0.6) is 0 Å². The number of rotatable bonds is 3. The highest BCUT2D eigenvalue weighted by molar-refractivity contribution is 7.10. The van der Waals surface area contributed by atoms with E-state index in [4.69, 9.17) is 11.6 Å². The van der Waals surface area contributed by atoms with Crippen molar-refractivity contribution in [3.05, 3.63) is 75.1 Å². The average Bonchev–Trinajstić information content (AvgIpc) is 2.95. The Hall–Kier alpha value is -1.85. The SMILES string of the molecule is FC(F)(F)c1cccc(Cc2nc(-c3cccc(Cl)c3)cs2)c1. The summed E-state index contributed by atoms with van der Waals surface area (Å²) in [7, 11) is 0. The molecular formula is C17H11ClF3NS. The van der Waals surface area contributed by atoms with E-state index in [1.165, 1.54) is 23.5 Å². The van der Waals surface area contributed by atoms with Crippen molar-refractivity contribution < 1.29 is 13.2 Å². The number of benzene rings is 2. The molecule has 1 heterocycles. The molecule has 23 heavy (non-hydrogen) atoms. The molecular weight excluding hydrogens is 343 g/mol. The van der Waals surface area contributed by atoms with Crippen molar-refractivity contribution in [3.63, 3.8) is 0 Å². The molecule has 0 amide bonds. The molecule has 0 aliphatic rings. The van der Waals surface area contributed by atoms with Gasteiger partial charge in [-0.15, -0.1) is 11.3 Å². The minimum atomic E-state index is -4.33. The Morgan fingerprint density at radius 3 is 2.57 bits per heavy atom. The molecule has 6 heteroatoms. The zero-order valence-corrected chi connectivity index (χ0v) is 13.3. The van der Waals surface area contributed by atoms with E-state index in [0.29, 0.717) is 17.0 Å². The summed E-state index contributed by atoms with van der Waals surface area (Å²) < 4.78 is 38.2. The van der Waals surface area contributed by atoms with Gasteiger partial charge in [0.1, 0.15) is 0 Å². The maximum Gasteiger partial charge on any atom is 0.416 e. The van der Waals surface area contributed by atoms with E-state index in [1.54, 1.807) is 12.1 Å². The van der Waals surface area contributed by atoms with Crippen LogP contribution in [-0.4, -0.2) is 4.98 Å². The molecule has 3 aromatic rings. The number of halogens is 4. The zero-order valence-electron chi connectivity index (χ0n) is 11.8. The molecule has 0 saturated carbocycles. The first-order valence-corrected chi connectivity index (χ1v) is 8.04. The molecule has 0 N–H and O–H groups in total. The molecule has 0 aliphatic heterocycles. The summed E-state index contributed by atoms with van der Waals surface area (Å²) in [5.74, 6) is 0. The first kappa shape index (κ1) is 16.0. The van der Waals surface area contributed by atoms with Crippen LogP contribution in [0, 0.1) is 0 Å². The molecule has 0 radical (unpaired) electrons. The second kappa shape index (κ2) is 6.34. The van der Waals surface area contributed by atoms with E-state index in [0.717, 1.165) is 22.3 Å². The summed E-state index contributed by atoms with van der Waals surface area (Å²) in [4.78, 5) is 4.49. The minimum absolute atomic E-state index is 0.370. The van der Waals surface area contributed by atoms with Crippen molar-refractivity contribution in [1.29, 1.82) is 0 Å². The van der Waals surface area contributed by atoms with Gasteiger partial charge in [0.05, 0.1) is 16.3 Å². The topological polar surface area (TPSA) is 12.9 Å². The molecule has 118 valence electrons. The number of thiazole rings is 1. The van der Waals surface area contributed by atoms with Gasteiger partial charge in [-0.3, -0.25) is 0 Å².